The monoisotopic (exact) mass is 291 g/mol. The lowest BCUT2D eigenvalue weighted by Gasteiger charge is -2.30. The number of benzene rings is 1. The van der Waals surface area contributed by atoms with Crippen LogP contribution in [-0.2, 0) is 6.54 Å². The SMILES string of the molecule is CC(=O)c1cccc(F)c1N(Cc1cccs1)C(C)C. The average molecular weight is 291 g/mol. The Labute approximate surface area is 122 Å². The Hall–Kier alpha value is -1.68. The number of para-hydroxylation sites is 1. The standard InChI is InChI=1S/C16H18FNOS/c1-11(2)18(10-13-6-5-9-20-13)16-14(12(3)19)7-4-8-15(16)17/h4-9,11H,10H2,1-3H3. The minimum atomic E-state index is -0.344. The van der Waals surface area contributed by atoms with Gasteiger partial charge in [0.25, 0.3) is 0 Å². The van der Waals surface area contributed by atoms with E-state index in [0.29, 0.717) is 17.8 Å². The van der Waals surface area contributed by atoms with E-state index in [0.717, 1.165) is 4.88 Å². The van der Waals surface area contributed by atoms with Crippen LogP contribution in [-0.4, -0.2) is 11.8 Å². The van der Waals surface area contributed by atoms with Crippen molar-refractivity contribution in [1.29, 1.82) is 0 Å². The van der Waals surface area contributed by atoms with E-state index in [4.69, 9.17) is 0 Å². The lowest BCUT2D eigenvalue weighted by atomic mass is 10.1. The van der Waals surface area contributed by atoms with Crippen molar-refractivity contribution in [3.05, 3.63) is 52.0 Å². The van der Waals surface area contributed by atoms with E-state index in [-0.39, 0.29) is 17.6 Å². The maximum Gasteiger partial charge on any atom is 0.161 e. The summed E-state index contributed by atoms with van der Waals surface area (Å²) in [6.45, 7) is 6.09. The second kappa shape index (κ2) is 6.18. The van der Waals surface area contributed by atoms with Crippen LogP contribution < -0.4 is 4.90 Å². The van der Waals surface area contributed by atoms with Crippen LogP contribution in [0.1, 0.15) is 36.0 Å². The molecule has 0 unspecified atom stereocenters. The van der Waals surface area contributed by atoms with Crippen LogP contribution in [0.15, 0.2) is 35.7 Å². The molecule has 2 aromatic rings. The molecule has 0 saturated carbocycles. The largest absolute Gasteiger partial charge is 0.361 e. The van der Waals surface area contributed by atoms with Gasteiger partial charge in [-0.05, 0) is 44.4 Å². The summed E-state index contributed by atoms with van der Waals surface area (Å²) >= 11 is 1.63. The molecule has 1 aromatic heterocycles. The van der Waals surface area contributed by atoms with Crippen molar-refractivity contribution in [2.24, 2.45) is 0 Å². The van der Waals surface area contributed by atoms with Gasteiger partial charge in [0.15, 0.2) is 5.78 Å². The Kier molecular flexibility index (Phi) is 4.55. The van der Waals surface area contributed by atoms with Gasteiger partial charge in [0.1, 0.15) is 5.82 Å². The van der Waals surface area contributed by atoms with Crippen molar-refractivity contribution in [3.63, 3.8) is 0 Å². The summed E-state index contributed by atoms with van der Waals surface area (Å²) in [5.41, 5.74) is 0.846. The van der Waals surface area contributed by atoms with Crippen molar-refractivity contribution in [2.75, 3.05) is 4.90 Å². The highest BCUT2D eigenvalue weighted by Crippen LogP contribution is 2.29. The first kappa shape index (κ1) is 14.7. The fourth-order valence-electron chi connectivity index (χ4n) is 2.18. The van der Waals surface area contributed by atoms with Gasteiger partial charge in [0, 0.05) is 16.5 Å². The van der Waals surface area contributed by atoms with Crippen molar-refractivity contribution in [1.82, 2.24) is 0 Å². The van der Waals surface area contributed by atoms with Crippen LogP contribution in [0.4, 0.5) is 10.1 Å². The predicted octanol–water partition coefficient (Wildman–Crippen LogP) is 4.50. The third kappa shape index (κ3) is 3.07. The molecule has 0 bridgehead atoms. The van der Waals surface area contributed by atoms with Crippen molar-refractivity contribution < 1.29 is 9.18 Å². The first-order valence-corrected chi connectivity index (χ1v) is 7.47. The molecule has 0 fully saturated rings. The van der Waals surface area contributed by atoms with Crippen LogP contribution in [0, 0.1) is 5.82 Å². The number of Topliss-reactive ketones (excluding diaryl/α,β-unsaturated/α-hetero) is 1. The Morgan fingerprint density at radius 2 is 2.05 bits per heavy atom. The number of carbonyl (C=O) groups is 1. The van der Waals surface area contributed by atoms with Gasteiger partial charge < -0.3 is 4.90 Å². The van der Waals surface area contributed by atoms with Crippen molar-refractivity contribution in [2.45, 2.75) is 33.4 Å². The van der Waals surface area contributed by atoms with E-state index < -0.39 is 0 Å². The molecule has 1 heterocycles. The summed E-state index contributed by atoms with van der Waals surface area (Å²) in [6, 6.07) is 8.78. The highest BCUT2D eigenvalue weighted by atomic mass is 32.1. The summed E-state index contributed by atoms with van der Waals surface area (Å²) < 4.78 is 14.3. The molecule has 0 aliphatic heterocycles. The maximum absolute atomic E-state index is 14.3. The molecule has 4 heteroatoms. The molecule has 0 spiro atoms. The zero-order valence-corrected chi connectivity index (χ0v) is 12.7. The average Bonchev–Trinajstić information content (AvgIpc) is 2.88. The summed E-state index contributed by atoms with van der Waals surface area (Å²) in [4.78, 5) is 14.8. The van der Waals surface area contributed by atoms with Gasteiger partial charge in [-0.3, -0.25) is 4.79 Å². The molecular weight excluding hydrogens is 273 g/mol. The van der Waals surface area contributed by atoms with Crippen molar-refractivity contribution in [3.8, 4) is 0 Å². The second-order valence-corrected chi connectivity index (χ2v) is 6.03. The molecule has 0 aliphatic carbocycles. The summed E-state index contributed by atoms with van der Waals surface area (Å²) in [6.07, 6.45) is 0. The molecule has 0 radical (unpaired) electrons. The van der Waals surface area contributed by atoms with Gasteiger partial charge in [-0.1, -0.05) is 12.1 Å². The number of carbonyl (C=O) groups excluding carboxylic acids is 1. The Balaban J connectivity index is 2.46. The number of ketones is 1. The number of hydrogen-bond donors (Lipinski definition) is 0. The number of anilines is 1. The zero-order chi connectivity index (χ0) is 14.7. The third-order valence-corrected chi connectivity index (χ3v) is 4.04. The molecule has 0 atom stereocenters. The van der Waals surface area contributed by atoms with E-state index in [1.54, 1.807) is 23.5 Å². The molecular formula is C16H18FNOS. The summed E-state index contributed by atoms with van der Waals surface area (Å²) in [5.74, 6) is -0.459. The Bertz CT molecular complexity index is 593. The molecule has 0 amide bonds. The van der Waals surface area contributed by atoms with Gasteiger partial charge in [-0.25, -0.2) is 4.39 Å². The predicted molar refractivity (Wildman–Crippen MR) is 82.0 cm³/mol. The van der Waals surface area contributed by atoms with Crippen LogP contribution in [0.2, 0.25) is 0 Å². The minimum Gasteiger partial charge on any atom is -0.361 e. The normalized spacial score (nSPS) is 10.8. The fourth-order valence-corrected chi connectivity index (χ4v) is 2.88. The highest BCUT2D eigenvalue weighted by Gasteiger charge is 2.21. The number of hydrogen-bond acceptors (Lipinski definition) is 3. The van der Waals surface area contributed by atoms with Gasteiger partial charge in [-0.15, -0.1) is 11.3 Å². The van der Waals surface area contributed by atoms with Gasteiger partial charge in [0.05, 0.1) is 12.2 Å². The first-order valence-electron chi connectivity index (χ1n) is 6.59. The fraction of sp³-hybridized carbons (Fsp3) is 0.312. The molecule has 1 aromatic carbocycles. The lowest BCUT2D eigenvalue weighted by molar-refractivity contribution is 0.101. The number of halogens is 1. The summed E-state index contributed by atoms with van der Waals surface area (Å²) in [7, 11) is 0. The molecule has 0 aliphatic rings. The molecule has 0 saturated heterocycles. The quantitative estimate of drug-likeness (QED) is 0.756. The molecule has 0 N–H and O–H groups in total. The zero-order valence-electron chi connectivity index (χ0n) is 11.9. The molecule has 106 valence electrons. The van der Waals surface area contributed by atoms with E-state index in [9.17, 15) is 9.18 Å². The van der Waals surface area contributed by atoms with E-state index in [1.165, 1.54) is 13.0 Å². The van der Waals surface area contributed by atoms with Gasteiger partial charge in [-0.2, -0.15) is 0 Å². The van der Waals surface area contributed by atoms with Crippen LogP contribution in [0.5, 0.6) is 0 Å². The Morgan fingerprint density at radius 3 is 2.60 bits per heavy atom. The van der Waals surface area contributed by atoms with E-state index in [2.05, 4.69) is 0 Å². The molecule has 2 rings (SSSR count). The van der Waals surface area contributed by atoms with Gasteiger partial charge in [0.2, 0.25) is 0 Å². The first-order chi connectivity index (χ1) is 9.50. The van der Waals surface area contributed by atoms with Crippen molar-refractivity contribution >= 4 is 22.8 Å². The molecule has 2 nitrogen and oxygen atoms in total. The third-order valence-electron chi connectivity index (χ3n) is 3.18. The van der Waals surface area contributed by atoms with Crippen LogP contribution in [0.3, 0.4) is 0 Å². The number of nitrogens with zero attached hydrogens (tertiary/aromatic N) is 1. The van der Waals surface area contributed by atoms with E-state index in [1.807, 2.05) is 36.3 Å². The minimum absolute atomic E-state index is 0.104. The Morgan fingerprint density at radius 1 is 1.30 bits per heavy atom. The summed E-state index contributed by atoms with van der Waals surface area (Å²) in [5, 5.41) is 2.00. The van der Waals surface area contributed by atoms with Crippen LogP contribution in [0.25, 0.3) is 0 Å². The number of rotatable bonds is 5. The topological polar surface area (TPSA) is 20.3 Å². The van der Waals surface area contributed by atoms with Gasteiger partial charge >= 0.3 is 0 Å². The van der Waals surface area contributed by atoms with E-state index >= 15 is 0 Å². The number of thiophene rings is 1. The second-order valence-electron chi connectivity index (χ2n) is 4.99. The smallest absolute Gasteiger partial charge is 0.161 e. The molecule has 20 heavy (non-hydrogen) atoms. The van der Waals surface area contributed by atoms with Crippen LogP contribution >= 0.6 is 11.3 Å². The maximum atomic E-state index is 14.3. The highest BCUT2D eigenvalue weighted by molar-refractivity contribution is 7.09. The lowest BCUT2D eigenvalue weighted by Crippen LogP contribution is -2.32.